The number of aromatic nitrogens is 2. The largest absolute Gasteiger partial charge is 0.496 e. The van der Waals surface area contributed by atoms with Gasteiger partial charge in [0, 0.05) is 36.5 Å². The lowest BCUT2D eigenvalue weighted by Crippen LogP contribution is -2.21. The molecule has 9 heteroatoms. The van der Waals surface area contributed by atoms with E-state index < -0.39 is 5.82 Å². The second kappa shape index (κ2) is 8.81. The van der Waals surface area contributed by atoms with Crippen LogP contribution >= 0.6 is 11.6 Å². The van der Waals surface area contributed by atoms with Gasteiger partial charge in [0.2, 0.25) is 5.91 Å². The summed E-state index contributed by atoms with van der Waals surface area (Å²) in [7, 11) is 1.57. The number of nitrogens with one attached hydrogen (secondary N) is 2. The van der Waals surface area contributed by atoms with Crippen LogP contribution in [0.15, 0.2) is 36.7 Å². The standard InChI is InChI=1S/C19H19ClFN5O2/c1-28-16-8-15-12(7-11(16)9-23-6-5-17(22)27)19(25-10-24-15)26-14-4-2-3-13(20)18(14)21/h2-4,7-8,10,23H,5-6,9H2,1H3,(H2,22,27)(H,24,25,26). The predicted octanol–water partition coefficient (Wildman–Crippen LogP) is 3.14. The topological polar surface area (TPSA) is 102 Å². The minimum atomic E-state index is -0.558. The van der Waals surface area contributed by atoms with Crippen LogP contribution in [-0.4, -0.2) is 29.5 Å². The zero-order chi connectivity index (χ0) is 20.1. The summed E-state index contributed by atoms with van der Waals surface area (Å²) in [5.41, 5.74) is 6.84. The summed E-state index contributed by atoms with van der Waals surface area (Å²) in [5, 5.41) is 6.82. The van der Waals surface area contributed by atoms with Gasteiger partial charge >= 0.3 is 0 Å². The van der Waals surface area contributed by atoms with Crippen molar-refractivity contribution in [3.63, 3.8) is 0 Å². The fraction of sp³-hybridized carbons (Fsp3) is 0.211. The Kier molecular flexibility index (Phi) is 6.23. The average Bonchev–Trinajstić information content (AvgIpc) is 2.68. The number of hydrogen-bond donors (Lipinski definition) is 3. The lowest BCUT2D eigenvalue weighted by molar-refractivity contribution is -0.117. The monoisotopic (exact) mass is 403 g/mol. The van der Waals surface area contributed by atoms with Gasteiger partial charge in [0.1, 0.15) is 17.9 Å². The molecule has 3 rings (SSSR count). The molecule has 0 atom stereocenters. The molecule has 4 N–H and O–H groups in total. The third-order valence-corrected chi connectivity index (χ3v) is 4.40. The molecule has 7 nitrogen and oxygen atoms in total. The van der Waals surface area contributed by atoms with Crippen molar-refractivity contribution in [2.75, 3.05) is 19.0 Å². The molecule has 1 heterocycles. The molecule has 1 amide bonds. The molecule has 0 saturated carbocycles. The zero-order valence-electron chi connectivity index (χ0n) is 15.1. The molecule has 2 aromatic carbocycles. The van der Waals surface area contributed by atoms with Gasteiger partial charge < -0.3 is 21.1 Å². The fourth-order valence-electron chi connectivity index (χ4n) is 2.72. The van der Waals surface area contributed by atoms with Crippen LogP contribution in [-0.2, 0) is 11.3 Å². The molecule has 0 saturated heterocycles. The fourth-order valence-corrected chi connectivity index (χ4v) is 2.89. The highest BCUT2D eigenvalue weighted by molar-refractivity contribution is 6.31. The first-order valence-corrected chi connectivity index (χ1v) is 8.89. The Morgan fingerprint density at radius 3 is 2.89 bits per heavy atom. The number of fused-ring (bicyclic) bond motifs is 1. The normalized spacial score (nSPS) is 10.8. The molecule has 0 bridgehead atoms. The number of nitrogens with two attached hydrogens (primary N) is 1. The van der Waals surface area contributed by atoms with Gasteiger partial charge in [0.15, 0.2) is 5.82 Å². The van der Waals surface area contributed by atoms with E-state index in [2.05, 4.69) is 20.6 Å². The van der Waals surface area contributed by atoms with Crippen LogP contribution in [0.25, 0.3) is 10.9 Å². The van der Waals surface area contributed by atoms with E-state index in [0.29, 0.717) is 35.6 Å². The highest BCUT2D eigenvalue weighted by Crippen LogP contribution is 2.31. The van der Waals surface area contributed by atoms with Crippen molar-refractivity contribution < 1.29 is 13.9 Å². The number of halogens is 2. The molecule has 0 fully saturated rings. The van der Waals surface area contributed by atoms with Gasteiger partial charge in [-0.25, -0.2) is 14.4 Å². The molecular formula is C19H19ClFN5O2. The van der Waals surface area contributed by atoms with Crippen molar-refractivity contribution in [1.29, 1.82) is 0 Å². The summed E-state index contributed by atoms with van der Waals surface area (Å²) < 4.78 is 19.7. The Hall–Kier alpha value is -2.97. The number of methoxy groups -OCH3 is 1. The Bertz CT molecular complexity index is 1020. The highest BCUT2D eigenvalue weighted by atomic mass is 35.5. The van der Waals surface area contributed by atoms with Gasteiger partial charge in [-0.15, -0.1) is 0 Å². The number of benzene rings is 2. The van der Waals surface area contributed by atoms with Crippen LogP contribution in [0.1, 0.15) is 12.0 Å². The first-order valence-electron chi connectivity index (χ1n) is 8.51. The first-order chi connectivity index (χ1) is 13.5. The summed E-state index contributed by atoms with van der Waals surface area (Å²) in [4.78, 5) is 19.4. The van der Waals surface area contributed by atoms with Gasteiger partial charge in [0.05, 0.1) is 23.3 Å². The number of anilines is 2. The number of rotatable bonds is 8. The van der Waals surface area contributed by atoms with Gasteiger partial charge in [-0.05, 0) is 18.2 Å². The van der Waals surface area contributed by atoms with Crippen molar-refractivity contribution in [1.82, 2.24) is 15.3 Å². The minimum absolute atomic E-state index is 0.0179. The molecule has 0 aliphatic rings. The first kappa shape index (κ1) is 19.8. The maximum Gasteiger partial charge on any atom is 0.218 e. The second-order valence-electron chi connectivity index (χ2n) is 6.02. The third-order valence-electron chi connectivity index (χ3n) is 4.11. The van der Waals surface area contributed by atoms with E-state index in [0.717, 1.165) is 5.56 Å². The quantitative estimate of drug-likeness (QED) is 0.499. The lowest BCUT2D eigenvalue weighted by atomic mass is 10.1. The molecule has 0 unspecified atom stereocenters. The highest BCUT2D eigenvalue weighted by Gasteiger charge is 2.13. The maximum atomic E-state index is 14.3. The summed E-state index contributed by atoms with van der Waals surface area (Å²) in [5.74, 6) is 0.143. The average molecular weight is 404 g/mol. The van der Waals surface area contributed by atoms with E-state index in [1.165, 1.54) is 12.4 Å². The van der Waals surface area contributed by atoms with E-state index in [4.69, 9.17) is 22.1 Å². The van der Waals surface area contributed by atoms with Crippen molar-refractivity contribution in [2.45, 2.75) is 13.0 Å². The number of carbonyl (C=O) groups is 1. The zero-order valence-corrected chi connectivity index (χ0v) is 15.9. The molecule has 0 spiro atoms. The van der Waals surface area contributed by atoms with Crippen LogP contribution in [0.2, 0.25) is 5.02 Å². The molecule has 3 aromatic rings. The van der Waals surface area contributed by atoms with Crippen molar-refractivity contribution in [2.24, 2.45) is 5.73 Å². The number of primary amides is 1. The van der Waals surface area contributed by atoms with Crippen LogP contribution in [0, 0.1) is 5.82 Å². The number of ether oxygens (including phenoxy) is 1. The number of carbonyl (C=O) groups excluding carboxylic acids is 1. The van der Waals surface area contributed by atoms with Crippen molar-refractivity contribution in [3.05, 3.63) is 53.1 Å². The van der Waals surface area contributed by atoms with E-state index in [9.17, 15) is 9.18 Å². The molecule has 28 heavy (non-hydrogen) atoms. The summed E-state index contributed by atoms with van der Waals surface area (Å²) in [6.07, 6.45) is 1.62. The number of nitrogens with zero attached hydrogens (tertiary/aromatic N) is 2. The SMILES string of the molecule is COc1cc2ncnc(Nc3cccc(Cl)c3F)c2cc1CNCCC(N)=O. The van der Waals surface area contributed by atoms with E-state index >= 15 is 0 Å². The van der Waals surface area contributed by atoms with Crippen molar-refractivity contribution >= 4 is 39.9 Å². The van der Waals surface area contributed by atoms with Crippen LogP contribution in [0.5, 0.6) is 5.75 Å². The van der Waals surface area contributed by atoms with E-state index in [1.54, 1.807) is 25.3 Å². The molecule has 0 radical (unpaired) electrons. The second-order valence-corrected chi connectivity index (χ2v) is 6.43. The Morgan fingerprint density at radius 1 is 1.32 bits per heavy atom. The number of amides is 1. The Labute approximate surface area is 166 Å². The summed E-state index contributed by atoms with van der Waals surface area (Å²) >= 11 is 5.85. The van der Waals surface area contributed by atoms with Crippen LogP contribution in [0.3, 0.4) is 0 Å². The smallest absolute Gasteiger partial charge is 0.218 e. The van der Waals surface area contributed by atoms with Gasteiger partial charge in [0.25, 0.3) is 0 Å². The lowest BCUT2D eigenvalue weighted by Gasteiger charge is -2.14. The van der Waals surface area contributed by atoms with Gasteiger partial charge in [-0.1, -0.05) is 17.7 Å². The van der Waals surface area contributed by atoms with E-state index in [1.807, 2.05) is 6.07 Å². The van der Waals surface area contributed by atoms with Crippen LogP contribution in [0.4, 0.5) is 15.9 Å². The Morgan fingerprint density at radius 2 is 2.14 bits per heavy atom. The molecule has 1 aromatic heterocycles. The van der Waals surface area contributed by atoms with Gasteiger partial charge in [-0.3, -0.25) is 4.79 Å². The van der Waals surface area contributed by atoms with Crippen molar-refractivity contribution in [3.8, 4) is 5.75 Å². The van der Waals surface area contributed by atoms with E-state index in [-0.39, 0.29) is 23.0 Å². The van der Waals surface area contributed by atoms with Gasteiger partial charge in [-0.2, -0.15) is 0 Å². The summed E-state index contributed by atoms with van der Waals surface area (Å²) in [6.45, 7) is 0.896. The predicted molar refractivity (Wildman–Crippen MR) is 106 cm³/mol. The molecular weight excluding hydrogens is 385 g/mol. The minimum Gasteiger partial charge on any atom is -0.496 e. The summed E-state index contributed by atoms with van der Waals surface area (Å²) in [6, 6.07) is 8.33. The molecule has 146 valence electrons. The third kappa shape index (κ3) is 4.47. The molecule has 0 aliphatic carbocycles. The van der Waals surface area contributed by atoms with Crippen LogP contribution < -0.4 is 21.1 Å². The molecule has 0 aliphatic heterocycles. The number of hydrogen-bond acceptors (Lipinski definition) is 6. The Balaban J connectivity index is 1.94. The maximum absolute atomic E-state index is 14.3.